The number of nitrogens with zero attached hydrogens (tertiary/aromatic N) is 1. The predicted molar refractivity (Wildman–Crippen MR) is 336 cm³/mol. The van der Waals surface area contributed by atoms with Gasteiger partial charge in [0.1, 0.15) is 13.2 Å². The third-order valence-electron chi connectivity index (χ3n) is 14.4. The largest absolute Gasteiger partial charge is 0.477 e. The Labute approximate surface area is 487 Å². The van der Waals surface area contributed by atoms with Gasteiger partial charge in [-0.2, -0.15) is 0 Å². The summed E-state index contributed by atoms with van der Waals surface area (Å²) < 4.78 is 23.0. The molecule has 9 heteroatoms. The molecule has 0 saturated carbocycles. The van der Waals surface area contributed by atoms with Gasteiger partial charge in [0.25, 0.3) is 6.29 Å². The fourth-order valence-corrected chi connectivity index (χ4v) is 9.39. The van der Waals surface area contributed by atoms with Crippen molar-refractivity contribution in [1.82, 2.24) is 0 Å². The molecule has 79 heavy (non-hydrogen) atoms. The van der Waals surface area contributed by atoms with Crippen LogP contribution in [0, 0.1) is 0 Å². The number of hydrogen-bond donors (Lipinski definition) is 1. The van der Waals surface area contributed by atoms with Gasteiger partial charge in [-0.1, -0.05) is 273 Å². The molecule has 0 aromatic carbocycles. The molecule has 0 amide bonds. The molecular formula is C70H126NO8+. The first-order valence-electron chi connectivity index (χ1n) is 33.1. The van der Waals surface area contributed by atoms with Crippen LogP contribution in [0.15, 0.2) is 72.9 Å². The summed E-state index contributed by atoms with van der Waals surface area (Å²) in [5.74, 6) is -2.00. The summed E-state index contributed by atoms with van der Waals surface area (Å²) in [6, 6.07) is 0. The lowest BCUT2D eigenvalue weighted by atomic mass is 10.0. The SMILES string of the molecule is CC/C=C\C/C=C\C/C=C\C/C=C\CCCCCCCCCCCCC(=O)OC(COC(=O)CCCCCCCCCCCCCCCCCCCCC/C=C\C/C=C\CCCCCCC)COC(OCC[N+](C)(C)C)C(=O)O. The van der Waals surface area contributed by atoms with Crippen molar-refractivity contribution < 1.29 is 42.9 Å². The van der Waals surface area contributed by atoms with Crippen LogP contribution in [0.1, 0.15) is 296 Å². The van der Waals surface area contributed by atoms with E-state index in [9.17, 15) is 19.5 Å². The Bertz CT molecular complexity index is 1520. The van der Waals surface area contributed by atoms with Crippen molar-refractivity contribution in [2.45, 2.75) is 309 Å². The number of likely N-dealkylation sites (N-methyl/N-ethyl adjacent to an activating group) is 1. The van der Waals surface area contributed by atoms with Gasteiger partial charge >= 0.3 is 17.9 Å². The number of quaternary nitrogens is 1. The number of allylic oxidation sites excluding steroid dienone is 12. The molecule has 2 unspecified atom stereocenters. The van der Waals surface area contributed by atoms with Crippen molar-refractivity contribution in [2.75, 3.05) is 47.5 Å². The van der Waals surface area contributed by atoms with Gasteiger partial charge in [0.15, 0.2) is 6.10 Å². The van der Waals surface area contributed by atoms with Crippen LogP contribution >= 0.6 is 0 Å². The topological polar surface area (TPSA) is 108 Å². The molecule has 0 spiro atoms. The number of rotatable bonds is 61. The van der Waals surface area contributed by atoms with Crippen LogP contribution in [-0.2, 0) is 33.3 Å². The quantitative estimate of drug-likeness (QED) is 0.0211. The van der Waals surface area contributed by atoms with Crippen molar-refractivity contribution in [2.24, 2.45) is 0 Å². The maximum atomic E-state index is 12.9. The first-order chi connectivity index (χ1) is 38.6. The first-order valence-corrected chi connectivity index (χ1v) is 33.1. The van der Waals surface area contributed by atoms with E-state index in [-0.39, 0.29) is 32.2 Å². The molecule has 0 bridgehead atoms. The Morgan fingerprint density at radius 1 is 0.392 bits per heavy atom. The number of hydrogen-bond acceptors (Lipinski definition) is 7. The van der Waals surface area contributed by atoms with Gasteiger partial charge in [-0.05, 0) is 83.5 Å². The molecule has 458 valence electrons. The summed E-state index contributed by atoms with van der Waals surface area (Å²) in [5, 5.41) is 9.73. The molecule has 0 saturated heterocycles. The molecule has 0 aliphatic rings. The molecule has 1 N–H and O–H groups in total. The molecular weight excluding hydrogens is 983 g/mol. The molecule has 9 nitrogen and oxygen atoms in total. The van der Waals surface area contributed by atoms with E-state index in [2.05, 4.69) is 86.8 Å². The minimum atomic E-state index is -1.51. The second-order valence-corrected chi connectivity index (χ2v) is 23.4. The number of aliphatic carboxylic acids is 1. The molecule has 0 heterocycles. The zero-order chi connectivity index (χ0) is 57.6. The lowest BCUT2D eigenvalue weighted by molar-refractivity contribution is -0.870. The number of carbonyl (C=O) groups excluding carboxylic acids is 2. The van der Waals surface area contributed by atoms with E-state index in [1.54, 1.807) is 0 Å². The van der Waals surface area contributed by atoms with Gasteiger partial charge in [0, 0.05) is 12.8 Å². The van der Waals surface area contributed by atoms with Gasteiger partial charge in [-0.15, -0.1) is 0 Å². The highest BCUT2D eigenvalue weighted by molar-refractivity contribution is 5.71. The van der Waals surface area contributed by atoms with Crippen LogP contribution in [0.5, 0.6) is 0 Å². The number of esters is 2. The summed E-state index contributed by atoms with van der Waals surface area (Å²) in [4.78, 5) is 37.6. The summed E-state index contributed by atoms with van der Waals surface area (Å²) in [5.41, 5.74) is 0. The normalized spacial score (nSPS) is 13.2. The monoisotopic (exact) mass is 1110 g/mol. The average molecular weight is 1110 g/mol. The van der Waals surface area contributed by atoms with E-state index in [0.29, 0.717) is 23.9 Å². The summed E-state index contributed by atoms with van der Waals surface area (Å²) in [7, 11) is 5.98. The molecule has 2 atom stereocenters. The van der Waals surface area contributed by atoms with E-state index >= 15 is 0 Å². The van der Waals surface area contributed by atoms with Crippen LogP contribution in [0.3, 0.4) is 0 Å². The van der Waals surface area contributed by atoms with E-state index < -0.39 is 24.3 Å². The summed E-state index contributed by atoms with van der Waals surface area (Å²) in [6.07, 6.45) is 77.2. The minimum absolute atomic E-state index is 0.183. The summed E-state index contributed by atoms with van der Waals surface area (Å²) >= 11 is 0. The van der Waals surface area contributed by atoms with Crippen molar-refractivity contribution in [3.8, 4) is 0 Å². The fourth-order valence-electron chi connectivity index (χ4n) is 9.39. The van der Waals surface area contributed by atoms with Crippen LogP contribution in [0.2, 0.25) is 0 Å². The van der Waals surface area contributed by atoms with Gasteiger partial charge in [-0.25, -0.2) is 4.79 Å². The lowest BCUT2D eigenvalue weighted by Gasteiger charge is -2.25. The van der Waals surface area contributed by atoms with E-state index in [1.165, 1.54) is 186 Å². The Hall–Kier alpha value is -3.27. The zero-order valence-electron chi connectivity index (χ0n) is 52.3. The van der Waals surface area contributed by atoms with Gasteiger partial charge in [0.2, 0.25) is 0 Å². The third-order valence-corrected chi connectivity index (χ3v) is 14.4. The number of unbranched alkanes of at least 4 members (excludes halogenated alkanes) is 34. The van der Waals surface area contributed by atoms with Crippen molar-refractivity contribution >= 4 is 17.9 Å². The highest BCUT2D eigenvalue weighted by Crippen LogP contribution is 2.17. The Morgan fingerprint density at radius 2 is 0.722 bits per heavy atom. The highest BCUT2D eigenvalue weighted by atomic mass is 16.7. The van der Waals surface area contributed by atoms with Crippen molar-refractivity contribution in [3.05, 3.63) is 72.9 Å². The van der Waals surface area contributed by atoms with Gasteiger partial charge in [0.05, 0.1) is 34.4 Å². The van der Waals surface area contributed by atoms with Gasteiger partial charge < -0.3 is 28.5 Å². The van der Waals surface area contributed by atoms with Crippen LogP contribution < -0.4 is 0 Å². The molecule has 0 radical (unpaired) electrons. The third kappa shape index (κ3) is 62.2. The molecule has 0 fully saturated rings. The standard InChI is InChI=1S/C70H125NO8/c1-6-8-10-12-14-16-18-20-22-24-26-28-30-31-32-33-34-35-36-37-39-40-42-44-46-48-50-52-54-56-58-60-67(72)77-64-66(65-78-70(69(74)75)76-63-62-71(3,4)5)79-68(73)61-59-57-55-53-51-49-47-45-43-41-38-29-27-25-23-21-19-17-15-13-11-9-7-2/h9,11,15,17-18,20-21,23-24,26-27,29,66,70H,6-8,10,12-14,16,19,22,25,28,30-65H2,1-5H3/p+1/b11-9-,17-15-,20-18-,23-21-,26-24-,29-27-. The number of carbonyl (C=O) groups is 3. The van der Waals surface area contributed by atoms with Gasteiger partial charge in [-0.3, -0.25) is 9.59 Å². The molecule has 0 aliphatic carbocycles. The van der Waals surface area contributed by atoms with Crippen molar-refractivity contribution in [3.63, 3.8) is 0 Å². The second-order valence-electron chi connectivity index (χ2n) is 23.4. The second kappa shape index (κ2) is 60.8. The minimum Gasteiger partial charge on any atom is -0.477 e. The summed E-state index contributed by atoms with van der Waals surface area (Å²) in [6.45, 7) is 4.78. The number of carboxylic acid groups (broad SMARTS) is 1. The van der Waals surface area contributed by atoms with Crippen LogP contribution in [0.25, 0.3) is 0 Å². The van der Waals surface area contributed by atoms with E-state index in [0.717, 1.165) is 77.0 Å². The maximum Gasteiger partial charge on any atom is 0.361 e. The zero-order valence-corrected chi connectivity index (χ0v) is 52.3. The smallest absolute Gasteiger partial charge is 0.361 e. The molecule has 0 aliphatic heterocycles. The first kappa shape index (κ1) is 75.7. The Morgan fingerprint density at radius 3 is 1.08 bits per heavy atom. The molecule has 0 rings (SSSR count). The lowest BCUT2D eigenvalue weighted by Crippen LogP contribution is -2.40. The Balaban J connectivity index is 4.11. The number of carboxylic acids is 1. The average Bonchev–Trinajstić information content (AvgIpc) is 3.42. The van der Waals surface area contributed by atoms with Crippen molar-refractivity contribution in [1.29, 1.82) is 0 Å². The number of ether oxygens (including phenoxy) is 4. The van der Waals surface area contributed by atoms with E-state index in [4.69, 9.17) is 18.9 Å². The van der Waals surface area contributed by atoms with Crippen LogP contribution in [0.4, 0.5) is 0 Å². The van der Waals surface area contributed by atoms with Crippen LogP contribution in [-0.4, -0.2) is 87.4 Å². The van der Waals surface area contributed by atoms with E-state index in [1.807, 2.05) is 21.1 Å². The predicted octanol–water partition coefficient (Wildman–Crippen LogP) is 20.1. The maximum absolute atomic E-state index is 12.9. The fraction of sp³-hybridized carbons (Fsp3) is 0.786. The molecule has 0 aromatic rings. The Kier molecular flexibility index (Phi) is 58.3. The highest BCUT2D eigenvalue weighted by Gasteiger charge is 2.25. The molecule has 0 aromatic heterocycles.